The number of rotatable bonds is 4. The Morgan fingerprint density at radius 3 is 2.62 bits per heavy atom. The number of thiophene rings is 1. The summed E-state index contributed by atoms with van der Waals surface area (Å²) in [6.07, 6.45) is 8.53. The average Bonchev–Trinajstić information content (AvgIpc) is 3.49. The van der Waals surface area contributed by atoms with E-state index in [1.807, 2.05) is 29.6 Å². The molecule has 5 aromatic heterocycles. The highest BCUT2D eigenvalue weighted by molar-refractivity contribution is 7.13. The lowest BCUT2D eigenvalue weighted by molar-refractivity contribution is 0.524. The van der Waals surface area contributed by atoms with Crippen LogP contribution in [0.1, 0.15) is 0 Å². The van der Waals surface area contributed by atoms with Gasteiger partial charge in [0.15, 0.2) is 5.82 Å². The molecule has 7 nitrogen and oxygen atoms in total. The Bertz CT molecular complexity index is 1110. The van der Waals surface area contributed by atoms with E-state index in [1.165, 1.54) is 0 Å². The molecule has 0 aliphatic carbocycles. The minimum Gasteiger partial charge on any atom is -0.447 e. The number of hydrogen-bond acceptors (Lipinski definition) is 6. The van der Waals surface area contributed by atoms with Crippen molar-refractivity contribution < 1.29 is 4.42 Å². The summed E-state index contributed by atoms with van der Waals surface area (Å²) in [6.45, 7) is 0. The fourth-order valence-electron chi connectivity index (χ4n) is 2.81. The number of aromatic amines is 1. The summed E-state index contributed by atoms with van der Waals surface area (Å²) in [7, 11) is 0. The molecular formula is C18H12N6OS. The second-order valence-electron chi connectivity index (χ2n) is 5.42. The van der Waals surface area contributed by atoms with Crippen LogP contribution >= 0.6 is 11.3 Å². The van der Waals surface area contributed by atoms with Crippen LogP contribution in [0.2, 0.25) is 0 Å². The van der Waals surface area contributed by atoms with E-state index in [1.54, 1.807) is 53.1 Å². The first kappa shape index (κ1) is 14.8. The molecule has 0 aliphatic heterocycles. The Hall–Kier alpha value is -3.52. The van der Waals surface area contributed by atoms with E-state index in [9.17, 15) is 0 Å². The van der Waals surface area contributed by atoms with E-state index >= 15 is 0 Å². The fraction of sp³-hybridized carbons (Fsp3) is 0. The van der Waals surface area contributed by atoms with Crippen LogP contribution in [-0.2, 0) is 0 Å². The van der Waals surface area contributed by atoms with Gasteiger partial charge in [0.1, 0.15) is 11.5 Å². The summed E-state index contributed by atoms with van der Waals surface area (Å²) in [6, 6.07) is 9.53. The van der Waals surface area contributed by atoms with E-state index in [4.69, 9.17) is 9.52 Å². The summed E-state index contributed by atoms with van der Waals surface area (Å²) >= 11 is 1.62. The van der Waals surface area contributed by atoms with E-state index in [0.29, 0.717) is 23.2 Å². The van der Waals surface area contributed by atoms with Gasteiger partial charge in [-0.2, -0.15) is 9.78 Å². The Balaban J connectivity index is 1.88. The molecule has 0 unspecified atom stereocenters. The normalized spacial score (nSPS) is 11.1. The van der Waals surface area contributed by atoms with E-state index in [0.717, 1.165) is 16.1 Å². The van der Waals surface area contributed by atoms with Crippen molar-refractivity contribution in [1.82, 2.24) is 29.7 Å². The average molecular weight is 360 g/mol. The van der Waals surface area contributed by atoms with Crippen LogP contribution in [0.3, 0.4) is 0 Å². The monoisotopic (exact) mass is 360 g/mol. The van der Waals surface area contributed by atoms with Crippen LogP contribution < -0.4 is 0 Å². The second kappa shape index (κ2) is 6.08. The van der Waals surface area contributed by atoms with Crippen molar-refractivity contribution >= 4 is 11.3 Å². The van der Waals surface area contributed by atoms with Crippen LogP contribution in [0.25, 0.3) is 39.4 Å². The predicted octanol–water partition coefficient (Wildman–Crippen LogP) is 4.04. The summed E-state index contributed by atoms with van der Waals surface area (Å²) < 4.78 is 7.39. The van der Waals surface area contributed by atoms with Gasteiger partial charge in [-0.3, -0.25) is 0 Å². The molecule has 0 bridgehead atoms. The zero-order valence-electron chi connectivity index (χ0n) is 13.4. The molecule has 0 saturated heterocycles. The molecule has 0 aromatic carbocycles. The molecular weight excluding hydrogens is 348 g/mol. The molecule has 0 aliphatic rings. The Morgan fingerprint density at radius 2 is 1.92 bits per heavy atom. The van der Waals surface area contributed by atoms with Gasteiger partial charge < -0.3 is 9.40 Å². The van der Waals surface area contributed by atoms with Gasteiger partial charge in [0.25, 0.3) is 0 Å². The number of H-pyrrole nitrogens is 1. The summed E-state index contributed by atoms with van der Waals surface area (Å²) in [5, 5.41) is 6.81. The molecule has 0 atom stereocenters. The first-order valence-corrected chi connectivity index (χ1v) is 8.77. The maximum absolute atomic E-state index is 5.61. The van der Waals surface area contributed by atoms with Crippen molar-refractivity contribution in [3.05, 3.63) is 66.8 Å². The van der Waals surface area contributed by atoms with Crippen molar-refractivity contribution in [3.63, 3.8) is 0 Å². The lowest BCUT2D eigenvalue weighted by Crippen LogP contribution is -1.97. The first-order chi connectivity index (χ1) is 12.9. The Kier molecular flexibility index (Phi) is 3.46. The smallest absolute Gasteiger partial charge is 0.220 e. The molecule has 0 amide bonds. The fourth-order valence-corrected chi connectivity index (χ4v) is 3.57. The summed E-state index contributed by atoms with van der Waals surface area (Å²) in [4.78, 5) is 17.4. The number of furan rings is 1. The van der Waals surface area contributed by atoms with Crippen LogP contribution in [0, 0.1) is 0 Å². The third-order valence-electron chi connectivity index (χ3n) is 3.87. The van der Waals surface area contributed by atoms with Crippen molar-refractivity contribution in [1.29, 1.82) is 0 Å². The topological polar surface area (TPSA) is 85.4 Å². The van der Waals surface area contributed by atoms with Gasteiger partial charge in [0.2, 0.25) is 5.88 Å². The molecule has 8 heteroatoms. The maximum Gasteiger partial charge on any atom is 0.220 e. The first-order valence-electron chi connectivity index (χ1n) is 7.90. The van der Waals surface area contributed by atoms with Gasteiger partial charge in [-0.25, -0.2) is 15.0 Å². The minimum absolute atomic E-state index is 0.530. The van der Waals surface area contributed by atoms with E-state index in [2.05, 4.69) is 19.9 Å². The highest BCUT2D eigenvalue weighted by Gasteiger charge is 2.27. The van der Waals surface area contributed by atoms with Gasteiger partial charge >= 0.3 is 0 Å². The zero-order valence-corrected chi connectivity index (χ0v) is 14.2. The van der Waals surface area contributed by atoms with Crippen molar-refractivity contribution in [2.45, 2.75) is 0 Å². The second-order valence-corrected chi connectivity index (χ2v) is 6.37. The third-order valence-corrected chi connectivity index (χ3v) is 4.74. The highest BCUT2D eigenvalue weighted by Crippen LogP contribution is 2.40. The van der Waals surface area contributed by atoms with Gasteiger partial charge in [-0.05, 0) is 23.6 Å². The SMILES string of the molecule is c1cnc(-c2nn(-c3ccco3)c(-c3cccs3)c2-c2ncc[nH]2)nc1. The molecule has 5 rings (SSSR count). The molecule has 5 aromatic rings. The largest absolute Gasteiger partial charge is 0.447 e. The van der Waals surface area contributed by atoms with Gasteiger partial charge in [-0.15, -0.1) is 11.3 Å². The van der Waals surface area contributed by atoms with Gasteiger partial charge in [-0.1, -0.05) is 6.07 Å². The van der Waals surface area contributed by atoms with Crippen LogP contribution in [-0.4, -0.2) is 29.7 Å². The van der Waals surface area contributed by atoms with Crippen molar-refractivity contribution in [2.24, 2.45) is 0 Å². The Morgan fingerprint density at radius 1 is 1.00 bits per heavy atom. The van der Waals surface area contributed by atoms with E-state index in [-0.39, 0.29) is 0 Å². The van der Waals surface area contributed by atoms with Crippen molar-refractivity contribution in [3.8, 4) is 39.4 Å². The molecule has 5 heterocycles. The third kappa shape index (κ3) is 2.35. The number of aromatic nitrogens is 6. The van der Waals surface area contributed by atoms with Crippen LogP contribution in [0.4, 0.5) is 0 Å². The standard InChI is InChI=1S/C18H12N6OS/c1-5-13(25-10-1)24-16(12-4-2-11-26-12)14(17-21-8-9-22-17)15(23-24)18-19-6-3-7-20-18/h1-11H,(H,21,22). The van der Waals surface area contributed by atoms with Gasteiger partial charge in [0.05, 0.1) is 22.4 Å². The molecule has 0 saturated carbocycles. The van der Waals surface area contributed by atoms with Crippen LogP contribution in [0.5, 0.6) is 0 Å². The lowest BCUT2D eigenvalue weighted by atomic mass is 10.1. The molecule has 0 radical (unpaired) electrons. The molecule has 0 fully saturated rings. The number of nitrogens with one attached hydrogen (secondary N) is 1. The molecule has 126 valence electrons. The molecule has 0 spiro atoms. The summed E-state index contributed by atoms with van der Waals surface area (Å²) in [5.74, 6) is 1.85. The Labute approximate surface area is 152 Å². The number of hydrogen-bond donors (Lipinski definition) is 1. The molecule has 1 N–H and O–H groups in total. The van der Waals surface area contributed by atoms with Gasteiger partial charge in [0, 0.05) is 30.9 Å². The maximum atomic E-state index is 5.61. The van der Waals surface area contributed by atoms with Crippen molar-refractivity contribution in [2.75, 3.05) is 0 Å². The summed E-state index contributed by atoms with van der Waals surface area (Å²) in [5.41, 5.74) is 2.35. The predicted molar refractivity (Wildman–Crippen MR) is 97.8 cm³/mol. The molecule has 26 heavy (non-hydrogen) atoms. The number of nitrogens with zero attached hydrogens (tertiary/aromatic N) is 5. The zero-order chi connectivity index (χ0) is 17.3. The minimum atomic E-state index is 0.530. The van der Waals surface area contributed by atoms with Crippen LogP contribution in [0.15, 0.2) is 71.2 Å². The number of imidazole rings is 1. The highest BCUT2D eigenvalue weighted by atomic mass is 32.1. The lowest BCUT2D eigenvalue weighted by Gasteiger charge is -2.04. The quantitative estimate of drug-likeness (QED) is 0.523. The van der Waals surface area contributed by atoms with E-state index < -0.39 is 0 Å².